The summed E-state index contributed by atoms with van der Waals surface area (Å²) in [6, 6.07) is 13.8. The minimum atomic E-state index is -0.234. The van der Waals surface area contributed by atoms with Gasteiger partial charge in [0.05, 0.1) is 17.3 Å². The van der Waals surface area contributed by atoms with E-state index in [1.165, 1.54) is 6.07 Å². The highest BCUT2D eigenvalue weighted by molar-refractivity contribution is 6.33. The van der Waals surface area contributed by atoms with Crippen LogP contribution in [0.15, 0.2) is 48.5 Å². The molecule has 4 rings (SSSR count). The van der Waals surface area contributed by atoms with Crippen LogP contribution in [0, 0.1) is 11.7 Å². The van der Waals surface area contributed by atoms with E-state index >= 15 is 0 Å². The van der Waals surface area contributed by atoms with Crippen molar-refractivity contribution in [3.05, 3.63) is 64.9 Å². The second kappa shape index (κ2) is 8.51. The van der Waals surface area contributed by atoms with Crippen molar-refractivity contribution in [2.24, 2.45) is 5.92 Å². The van der Waals surface area contributed by atoms with E-state index in [0.29, 0.717) is 48.9 Å². The first-order valence-electron chi connectivity index (χ1n) is 9.83. The molecule has 7 heteroatoms. The number of para-hydroxylation sites is 1. The highest BCUT2D eigenvalue weighted by Gasteiger charge is 2.47. The first kappa shape index (κ1) is 19.9. The van der Waals surface area contributed by atoms with Crippen LogP contribution in [0.1, 0.15) is 17.9 Å². The van der Waals surface area contributed by atoms with Gasteiger partial charge in [-0.1, -0.05) is 41.9 Å². The van der Waals surface area contributed by atoms with Crippen molar-refractivity contribution in [3.63, 3.8) is 0 Å². The summed E-state index contributed by atoms with van der Waals surface area (Å²) in [5, 5.41) is 3.33. The van der Waals surface area contributed by atoms with Gasteiger partial charge in [0.15, 0.2) is 0 Å². The van der Waals surface area contributed by atoms with E-state index in [1.807, 2.05) is 28.0 Å². The molecule has 5 nitrogen and oxygen atoms in total. The van der Waals surface area contributed by atoms with E-state index < -0.39 is 0 Å². The highest BCUT2D eigenvalue weighted by Crippen LogP contribution is 2.49. The van der Waals surface area contributed by atoms with Crippen LogP contribution in [0.5, 0.6) is 0 Å². The Hall–Kier alpha value is -2.44. The number of benzene rings is 2. The monoisotopic (exact) mass is 415 g/mol. The largest absolute Gasteiger partial charge is 0.340 e. The molecular weight excluding hydrogens is 393 g/mol. The average molecular weight is 416 g/mol. The Balaban J connectivity index is 1.24. The van der Waals surface area contributed by atoms with Gasteiger partial charge in [-0.2, -0.15) is 0 Å². The lowest BCUT2D eigenvalue weighted by atomic mass is 10.1. The quantitative estimate of drug-likeness (QED) is 0.814. The van der Waals surface area contributed by atoms with Gasteiger partial charge in [-0.25, -0.2) is 4.39 Å². The van der Waals surface area contributed by atoms with Crippen molar-refractivity contribution < 1.29 is 14.0 Å². The minimum absolute atomic E-state index is 0.0110. The van der Waals surface area contributed by atoms with Gasteiger partial charge in [-0.3, -0.25) is 14.5 Å². The van der Waals surface area contributed by atoms with Gasteiger partial charge in [0.2, 0.25) is 11.8 Å². The first-order valence-corrected chi connectivity index (χ1v) is 10.2. The Bertz CT molecular complexity index is 914. The van der Waals surface area contributed by atoms with Gasteiger partial charge in [0.25, 0.3) is 0 Å². The molecule has 1 N–H and O–H groups in total. The maximum atomic E-state index is 13.9. The molecule has 2 amide bonds. The number of anilines is 1. The van der Waals surface area contributed by atoms with E-state index in [-0.39, 0.29) is 36.0 Å². The average Bonchev–Trinajstić information content (AvgIpc) is 3.51. The number of piperazine rings is 1. The van der Waals surface area contributed by atoms with Gasteiger partial charge >= 0.3 is 0 Å². The number of carbonyl (C=O) groups excluding carboxylic acids is 2. The Kier molecular flexibility index (Phi) is 5.83. The van der Waals surface area contributed by atoms with Crippen molar-refractivity contribution in [2.75, 3.05) is 38.0 Å². The predicted octanol–water partition coefficient (Wildman–Crippen LogP) is 3.37. The summed E-state index contributed by atoms with van der Waals surface area (Å²) in [6.07, 6.45) is 0.709. The van der Waals surface area contributed by atoms with Crippen molar-refractivity contribution >= 4 is 29.1 Å². The van der Waals surface area contributed by atoms with Gasteiger partial charge in [-0.05, 0) is 36.1 Å². The van der Waals surface area contributed by atoms with Crippen LogP contribution in [0.4, 0.5) is 10.1 Å². The molecule has 152 valence electrons. The molecule has 0 spiro atoms. The van der Waals surface area contributed by atoms with Crippen LogP contribution in [-0.2, 0) is 9.59 Å². The van der Waals surface area contributed by atoms with Crippen LogP contribution >= 0.6 is 11.6 Å². The Morgan fingerprint density at radius 1 is 1.03 bits per heavy atom. The molecule has 0 aromatic heterocycles. The van der Waals surface area contributed by atoms with Crippen molar-refractivity contribution in [1.29, 1.82) is 0 Å². The maximum absolute atomic E-state index is 13.9. The molecule has 2 aromatic carbocycles. The molecule has 0 bridgehead atoms. The number of hydrogen-bond acceptors (Lipinski definition) is 3. The van der Waals surface area contributed by atoms with Gasteiger partial charge in [0.1, 0.15) is 5.82 Å². The molecule has 2 aromatic rings. The normalized spacial score (nSPS) is 21.7. The fraction of sp³-hybridized carbons (Fsp3) is 0.364. The van der Waals surface area contributed by atoms with Crippen molar-refractivity contribution in [3.8, 4) is 0 Å². The molecule has 1 heterocycles. The fourth-order valence-corrected chi connectivity index (χ4v) is 4.09. The summed E-state index contributed by atoms with van der Waals surface area (Å²) in [4.78, 5) is 28.9. The van der Waals surface area contributed by atoms with Crippen LogP contribution in [-0.4, -0.2) is 54.3 Å². The maximum Gasteiger partial charge on any atom is 0.238 e. The second-order valence-corrected chi connectivity index (χ2v) is 8.01. The van der Waals surface area contributed by atoms with E-state index in [0.717, 1.165) is 0 Å². The molecule has 2 fully saturated rings. The summed E-state index contributed by atoms with van der Waals surface area (Å²) in [5.74, 6) is -0.398. The molecule has 2 unspecified atom stereocenters. The highest BCUT2D eigenvalue weighted by atomic mass is 35.5. The van der Waals surface area contributed by atoms with E-state index in [1.54, 1.807) is 24.3 Å². The number of amides is 2. The van der Waals surface area contributed by atoms with Gasteiger partial charge < -0.3 is 10.2 Å². The molecule has 1 saturated carbocycles. The topological polar surface area (TPSA) is 52.7 Å². The third-order valence-corrected chi connectivity index (χ3v) is 5.94. The van der Waals surface area contributed by atoms with Crippen molar-refractivity contribution in [1.82, 2.24) is 9.80 Å². The number of halogens is 2. The molecule has 1 saturated heterocycles. The summed E-state index contributed by atoms with van der Waals surface area (Å²) in [7, 11) is 0. The van der Waals surface area contributed by atoms with Gasteiger partial charge in [0, 0.05) is 32.1 Å². The second-order valence-electron chi connectivity index (χ2n) is 7.60. The number of carbonyl (C=O) groups is 2. The predicted molar refractivity (Wildman–Crippen MR) is 110 cm³/mol. The lowest BCUT2D eigenvalue weighted by Gasteiger charge is -2.34. The molecule has 0 radical (unpaired) electrons. The third kappa shape index (κ3) is 4.60. The summed E-state index contributed by atoms with van der Waals surface area (Å²) >= 11 is 6.07. The molecule has 2 atom stereocenters. The smallest absolute Gasteiger partial charge is 0.238 e. The number of nitrogens with one attached hydrogen (secondary N) is 1. The summed E-state index contributed by atoms with van der Waals surface area (Å²) < 4.78 is 13.9. The zero-order valence-electron chi connectivity index (χ0n) is 16.0. The third-order valence-electron chi connectivity index (χ3n) is 5.61. The molecule has 29 heavy (non-hydrogen) atoms. The van der Waals surface area contributed by atoms with E-state index in [9.17, 15) is 14.0 Å². The Morgan fingerprint density at radius 3 is 2.45 bits per heavy atom. The standard InChI is InChI=1S/C22H23ClFN3O2/c23-18-6-2-4-8-20(18)25-21(28)14-26-9-11-27(12-10-26)22(29)17-13-16(17)15-5-1-3-7-19(15)24/h1-8,16-17H,9-14H2,(H,25,28). The van der Waals surface area contributed by atoms with Crippen LogP contribution in [0.3, 0.4) is 0 Å². The SMILES string of the molecule is O=C(CN1CCN(C(=O)C2CC2c2ccccc2F)CC1)Nc1ccccc1Cl. The zero-order valence-corrected chi connectivity index (χ0v) is 16.7. The summed E-state index contributed by atoms with van der Waals surface area (Å²) in [5.41, 5.74) is 1.24. The minimum Gasteiger partial charge on any atom is -0.340 e. The van der Waals surface area contributed by atoms with Crippen molar-refractivity contribution in [2.45, 2.75) is 12.3 Å². The Labute approximate surface area is 174 Å². The number of nitrogens with zero attached hydrogens (tertiary/aromatic N) is 2. The molecule has 2 aliphatic rings. The lowest BCUT2D eigenvalue weighted by Crippen LogP contribution is -2.51. The first-order chi connectivity index (χ1) is 14.0. The summed E-state index contributed by atoms with van der Waals surface area (Å²) in [6.45, 7) is 2.70. The van der Waals surface area contributed by atoms with Gasteiger partial charge in [-0.15, -0.1) is 0 Å². The van der Waals surface area contributed by atoms with E-state index in [2.05, 4.69) is 5.32 Å². The number of rotatable bonds is 5. The Morgan fingerprint density at radius 2 is 1.72 bits per heavy atom. The van der Waals surface area contributed by atoms with Crippen LogP contribution in [0.25, 0.3) is 0 Å². The lowest BCUT2D eigenvalue weighted by molar-refractivity contribution is -0.134. The number of hydrogen-bond donors (Lipinski definition) is 1. The van der Waals surface area contributed by atoms with Crippen LogP contribution < -0.4 is 5.32 Å². The zero-order chi connectivity index (χ0) is 20.4. The molecule has 1 aliphatic carbocycles. The van der Waals surface area contributed by atoms with Crippen LogP contribution in [0.2, 0.25) is 5.02 Å². The molecular formula is C22H23ClFN3O2. The fourth-order valence-electron chi connectivity index (χ4n) is 3.90. The molecule has 1 aliphatic heterocycles. The van der Waals surface area contributed by atoms with E-state index in [4.69, 9.17) is 11.6 Å².